The summed E-state index contributed by atoms with van der Waals surface area (Å²) in [5, 5.41) is 14.3. The summed E-state index contributed by atoms with van der Waals surface area (Å²) in [6.45, 7) is 1.34. The molecule has 0 aromatic heterocycles. The van der Waals surface area contributed by atoms with Crippen LogP contribution in [-0.4, -0.2) is 38.1 Å². The van der Waals surface area contributed by atoms with Crippen LogP contribution in [0.5, 0.6) is 11.5 Å². The van der Waals surface area contributed by atoms with Crippen molar-refractivity contribution in [2.75, 3.05) is 32.5 Å². The number of nitrogens with zero attached hydrogens (tertiary/aromatic N) is 2. The highest BCUT2D eigenvalue weighted by molar-refractivity contribution is 5.89. The van der Waals surface area contributed by atoms with Crippen molar-refractivity contribution in [2.45, 2.75) is 0 Å². The molecule has 0 spiro atoms. The molecular formula is C18H20N4O2. The topological polar surface area (TPSA) is 77.4 Å². The third-order valence-electron chi connectivity index (χ3n) is 3.16. The second kappa shape index (κ2) is 8.56. The Hall–Kier alpha value is -3.04. The molecule has 6 heteroatoms. The van der Waals surface area contributed by atoms with Gasteiger partial charge in [0.2, 0.25) is 0 Å². The van der Waals surface area contributed by atoms with Gasteiger partial charge in [-0.25, -0.2) is 4.79 Å². The maximum atomic E-state index is 11.8. The molecule has 0 radical (unpaired) electrons. The molecule has 0 saturated carbocycles. The number of hydrogen-bond donors (Lipinski definition) is 2. The average molecular weight is 324 g/mol. The standard InChI is InChI=1S/C18H20N4O2/c1-22(2)11-10-20-18(23)21-15-4-3-5-17(12-15)24-16-8-6-14(13-19)7-9-16/h3-9,12H,10-11H2,1-2H3,(H2,20,21,23). The number of nitrogens with one attached hydrogen (secondary N) is 2. The summed E-state index contributed by atoms with van der Waals surface area (Å²) in [5.74, 6) is 1.23. The first-order chi connectivity index (χ1) is 11.6. The molecule has 0 aliphatic heterocycles. The molecule has 0 aliphatic rings. The van der Waals surface area contributed by atoms with Crippen molar-refractivity contribution in [3.05, 3.63) is 54.1 Å². The van der Waals surface area contributed by atoms with Crippen LogP contribution in [0.4, 0.5) is 10.5 Å². The van der Waals surface area contributed by atoms with Gasteiger partial charge < -0.3 is 20.3 Å². The molecule has 2 aromatic carbocycles. The highest BCUT2D eigenvalue weighted by Crippen LogP contribution is 2.24. The molecule has 124 valence electrons. The number of urea groups is 1. The number of carbonyl (C=O) groups excluding carboxylic acids is 1. The monoisotopic (exact) mass is 324 g/mol. The molecule has 2 aromatic rings. The van der Waals surface area contributed by atoms with Gasteiger partial charge in [-0.15, -0.1) is 0 Å². The van der Waals surface area contributed by atoms with Gasteiger partial charge in [-0.2, -0.15) is 5.26 Å². The summed E-state index contributed by atoms with van der Waals surface area (Å²) < 4.78 is 5.72. The number of hydrogen-bond acceptors (Lipinski definition) is 4. The van der Waals surface area contributed by atoms with Crippen molar-refractivity contribution in [3.63, 3.8) is 0 Å². The number of amides is 2. The summed E-state index contributed by atoms with van der Waals surface area (Å²) in [4.78, 5) is 13.8. The fourth-order valence-electron chi connectivity index (χ4n) is 1.94. The quantitative estimate of drug-likeness (QED) is 0.856. The summed E-state index contributed by atoms with van der Waals surface area (Å²) in [5.41, 5.74) is 1.22. The SMILES string of the molecule is CN(C)CCNC(=O)Nc1cccc(Oc2ccc(C#N)cc2)c1. The normalized spacial score (nSPS) is 10.1. The molecule has 0 aliphatic carbocycles. The van der Waals surface area contributed by atoms with Crippen LogP contribution < -0.4 is 15.4 Å². The fourth-order valence-corrected chi connectivity index (χ4v) is 1.94. The van der Waals surface area contributed by atoms with E-state index in [1.807, 2.05) is 19.0 Å². The van der Waals surface area contributed by atoms with E-state index < -0.39 is 0 Å². The molecule has 2 rings (SSSR count). The molecule has 2 N–H and O–H groups in total. The Bertz CT molecular complexity index is 721. The molecule has 24 heavy (non-hydrogen) atoms. The van der Waals surface area contributed by atoms with Gasteiger partial charge in [0.25, 0.3) is 0 Å². The lowest BCUT2D eigenvalue weighted by atomic mass is 10.2. The molecule has 0 fully saturated rings. The molecule has 0 unspecified atom stereocenters. The number of anilines is 1. The van der Waals surface area contributed by atoms with Crippen molar-refractivity contribution in [3.8, 4) is 17.6 Å². The van der Waals surface area contributed by atoms with E-state index in [0.29, 0.717) is 29.3 Å². The van der Waals surface area contributed by atoms with E-state index in [9.17, 15) is 4.79 Å². The lowest BCUT2D eigenvalue weighted by Gasteiger charge is -2.12. The smallest absolute Gasteiger partial charge is 0.319 e. The zero-order chi connectivity index (χ0) is 17.4. The Kier molecular flexibility index (Phi) is 6.17. The van der Waals surface area contributed by atoms with Crippen molar-refractivity contribution in [1.82, 2.24) is 10.2 Å². The predicted octanol–water partition coefficient (Wildman–Crippen LogP) is 3.03. The van der Waals surface area contributed by atoms with Gasteiger partial charge in [-0.3, -0.25) is 0 Å². The minimum Gasteiger partial charge on any atom is -0.457 e. The minimum absolute atomic E-state index is 0.257. The lowest BCUT2D eigenvalue weighted by Crippen LogP contribution is -2.34. The third kappa shape index (κ3) is 5.63. The number of benzene rings is 2. The van der Waals surface area contributed by atoms with E-state index in [0.717, 1.165) is 6.54 Å². The molecular weight excluding hydrogens is 304 g/mol. The Morgan fingerprint density at radius 2 is 1.92 bits per heavy atom. The van der Waals surface area contributed by atoms with E-state index in [4.69, 9.17) is 10.00 Å². The average Bonchev–Trinajstić information content (AvgIpc) is 2.55. The second-order valence-corrected chi connectivity index (χ2v) is 5.45. The number of carbonyl (C=O) groups is 1. The van der Waals surface area contributed by atoms with Gasteiger partial charge >= 0.3 is 6.03 Å². The summed E-state index contributed by atoms with van der Waals surface area (Å²) in [7, 11) is 3.90. The summed E-state index contributed by atoms with van der Waals surface area (Å²) in [6.07, 6.45) is 0. The van der Waals surface area contributed by atoms with Gasteiger partial charge in [0.1, 0.15) is 11.5 Å². The third-order valence-corrected chi connectivity index (χ3v) is 3.16. The van der Waals surface area contributed by atoms with Crippen LogP contribution in [0.3, 0.4) is 0 Å². The Labute approximate surface area is 141 Å². The number of nitriles is 1. The van der Waals surface area contributed by atoms with Gasteiger partial charge in [0.15, 0.2) is 0 Å². The largest absolute Gasteiger partial charge is 0.457 e. The molecule has 0 atom stereocenters. The minimum atomic E-state index is -0.257. The van der Waals surface area contributed by atoms with Crippen molar-refractivity contribution < 1.29 is 9.53 Å². The molecule has 2 amide bonds. The maximum Gasteiger partial charge on any atom is 0.319 e. The van der Waals surface area contributed by atoms with E-state index in [1.54, 1.807) is 48.5 Å². The van der Waals surface area contributed by atoms with Crippen LogP contribution in [0.15, 0.2) is 48.5 Å². The van der Waals surface area contributed by atoms with Crippen molar-refractivity contribution >= 4 is 11.7 Å². The van der Waals surface area contributed by atoms with Gasteiger partial charge in [0, 0.05) is 24.8 Å². The molecule has 6 nitrogen and oxygen atoms in total. The molecule has 0 heterocycles. The van der Waals surface area contributed by atoms with E-state index >= 15 is 0 Å². The fraction of sp³-hybridized carbons (Fsp3) is 0.222. The zero-order valence-electron chi connectivity index (χ0n) is 13.7. The van der Waals surface area contributed by atoms with Crippen LogP contribution in [0.1, 0.15) is 5.56 Å². The van der Waals surface area contributed by atoms with Crippen LogP contribution in [0.2, 0.25) is 0 Å². The Balaban J connectivity index is 1.93. The summed E-state index contributed by atoms with van der Waals surface area (Å²) >= 11 is 0. The molecule has 0 saturated heterocycles. The van der Waals surface area contributed by atoms with Gasteiger partial charge in [-0.1, -0.05) is 6.07 Å². The summed E-state index contributed by atoms with van der Waals surface area (Å²) in [6, 6.07) is 15.8. The van der Waals surface area contributed by atoms with Crippen molar-refractivity contribution in [2.24, 2.45) is 0 Å². The Morgan fingerprint density at radius 3 is 2.58 bits per heavy atom. The number of rotatable bonds is 6. The zero-order valence-corrected chi connectivity index (χ0v) is 13.7. The highest BCUT2D eigenvalue weighted by Gasteiger charge is 2.04. The predicted molar refractivity (Wildman–Crippen MR) is 93.2 cm³/mol. The first kappa shape index (κ1) is 17.3. The lowest BCUT2D eigenvalue weighted by molar-refractivity contribution is 0.250. The van der Waals surface area contributed by atoms with E-state index in [-0.39, 0.29) is 6.03 Å². The van der Waals surface area contributed by atoms with Gasteiger partial charge in [0.05, 0.1) is 11.6 Å². The van der Waals surface area contributed by atoms with Crippen LogP contribution in [0.25, 0.3) is 0 Å². The van der Waals surface area contributed by atoms with E-state index in [1.165, 1.54) is 0 Å². The second-order valence-electron chi connectivity index (χ2n) is 5.45. The van der Waals surface area contributed by atoms with Crippen molar-refractivity contribution in [1.29, 1.82) is 5.26 Å². The Morgan fingerprint density at radius 1 is 1.17 bits per heavy atom. The van der Waals surface area contributed by atoms with Crippen LogP contribution in [-0.2, 0) is 0 Å². The number of ether oxygens (including phenoxy) is 1. The first-order valence-corrected chi connectivity index (χ1v) is 7.54. The van der Waals surface area contributed by atoms with Gasteiger partial charge in [-0.05, 0) is 50.5 Å². The number of likely N-dealkylation sites (N-methyl/N-ethyl adjacent to an activating group) is 1. The maximum absolute atomic E-state index is 11.8. The molecule has 0 bridgehead atoms. The van der Waals surface area contributed by atoms with Crippen LogP contribution in [0, 0.1) is 11.3 Å². The first-order valence-electron chi connectivity index (χ1n) is 7.54. The van der Waals surface area contributed by atoms with Crippen LogP contribution >= 0.6 is 0 Å². The highest BCUT2D eigenvalue weighted by atomic mass is 16.5. The van der Waals surface area contributed by atoms with E-state index in [2.05, 4.69) is 16.7 Å².